The molecular weight excluding hydrogens is 192 g/mol. The molecule has 0 amide bonds. The summed E-state index contributed by atoms with van der Waals surface area (Å²) in [6.07, 6.45) is 2.44. The molecule has 0 fully saturated rings. The van der Waals surface area contributed by atoms with Crippen molar-refractivity contribution >= 4 is 11.9 Å². The first kappa shape index (κ1) is 11.0. The molecule has 0 saturated carbocycles. The van der Waals surface area contributed by atoms with E-state index in [9.17, 15) is 0 Å². The minimum atomic E-state index is -0.0888. The fourth-order valence-electron chi connectivity index (χ4n) is 0.999. The van der Waals surface area contributed by atoms with Crippen molar-refractivity contribution in [2.24, 2.45) is 27.2 Å². The summed E-state index contributed by atoms with van der Waals surface area (Å²) in [7, 11) is 0. The second-order valence-corrected chi connectivity index (χ2v) is 2.85. The summed E-state index contributed by atoms with van der Waals surface area (Å²) in [5.74, 6) is 0.0000160. The zero-order valence-electron chi connectivity index (χ0n) is 8.30. The fraction of sp³-hybridized carbons (Fsp3) is 0.222. The van der Waals surface area contributed by atoms with Crippen molar-refractivity contribution in [2.75, 3.05) is 6.54 Å². The Morgan fingerprint density at radius 3 is 2.67 bits per heavy atom. The van der Waals surface area contributed by atoms with Gasteiger partial charge in [-0.1, -0.05) is 6.07 Å². The minimum absolute atomic E-state index is 0.0888. The van der Waals surface area contributed by atoms with Crippen LogP contribution in [0, 0.1) is 0 Å². The van der Waals surface area contributed by atoms with Crippen LogP contribution in [0.3, 0.4) is 0 Å². The number of guanidine groups is 2. The number of rotatable bonds is 3. The molecule has 0 saturated heterocycles. The SMILES string of the molecule is NC(N)=NC(N)=NCCc1ccccn1. The van der Waals surface area contributed by atoms with Crippen LogP contribution in [0.15, 0.2) is 34.4 Å². The third-order valence-electron chi connectivity index (χ3n) is 1.61. The number of hydrogen-bond acceptors (Lipinski definition) is 2. The number of aromatic nitrogens is 1. The van der Waals surface area contributed by atoms with Crippen molar-refractivity contribution in [1.29, 1.82) is 0 Å². The van der Waals surface area contributed by atoms with Gasteiger partial charge >= 0.3 is 0 Å². The Bertz CT molecular complexity index is 352. The molecule has 0 spiro atoms. The van der Waals surface area contributed by atoms with Crippen LogP contribution in [0.4, 0.5) is 0 Å². The second kappa shape index (κ2) is 5.58. The van der Waals surface area contributed by atoms with Crippen molar-refractivity contribution in [1.82, 2.24) is 4.98 Å². The molecule has 0 aromatic carbocycles. The van der Waals surface area contributed by atoms with Gasteiger partial charge in [0.1, 0.15) is 0 Å². The van der Waals surface area contributed by atoms with E-state index in [2.05, 4.69) is 15.0 Å². The van der Waals surface area contributed by atoms with Gasteiger partial charge in [-0.05, 0) is 12.1 Å². The fourth-order valence-corrected chi connectivity index (χ4v) is 0.999. The molecule has 6 nitrogen and oxygen atoms in total. The Morgan fingerprint density at radius 1 is 1.27 bits per heavy atom. The van der Waals surface area contributed by atoms with Gasteiger partial charge in [-0.2, -0.15) is 4.99 Å². The standard InChI is InChI=1S/C9H14N6/c10-8(11)15-9(12)14-6-4-7-3-1-2-5-13-7/h1-3,5H,4,6H2,(H6,10,11,12,14,15). The maximum Gasteiger partial charge on any atom is 0.218 e. The molecule has 1 heterocycles. The third kappa shape index (κ3) is 4.61. The van der Waals surface area contributed by atoms with Gasteiger partial charge in [-0.25, -0.2) is 0 Å². The van der Waals surface area contributed by atoms with Crippen molar-refractivity contribution in [3.63, 3.8) is 0 Å². The molecule has 0 bridgehead atoms. The Kier molecular flexibility index (Phi) is 4.08. The van der Waals surface area contributed by atoms with Crippen molar-refractivity contribution in [3.8, 4) is 0 Å². The first-order valence-electron chi connectivity index (χ1n) is 4.48. The monoisotopic (exact) mass is 206 g/mol. The van der Waals surface area contributed by atoms with Crippen LogP contribution in [0.5, 0.6) is 0 Å². The van der Waals surface area contributed by atoms with Crippen molar-refractivity contribution in [2.45, 2.75) is 6.42 Å². The summed E-state index contributed by atoms with van der Waals surface area (Å²) in [5.41, 5.74) is 16.6. The maximum atomic E-state index is 5.42. The summed E-state index contributed by atoms with van der Waals surface area (Å²) in [6.45, 7) is 0.514. The van der Waals surface area contributed by atoms with Gasteiger partial charge < -0.3 is 17.2 Å². The van der Waals surface area contributed by atoms with E-state index < -0.39 is 0 Å². The van der Waals surface area contributed by atoms with Gasteiger partial charge in [0.05, 0.1) is 0 Å². The molecule has 0 aliphatic heterocycles. The maximum absolute atomic E-state index is 5.42. The van der Waals surface area contributed by atoms with Crippen LogP contribution in [0.1, 0.15) is 5.69 Å². The molecule has 15 heavy (non-hydrogen) atoms. The zero-order chi connectivity index (χ0) is 11.1. The first-order valence-corrected chi connectivity index (χ1v) is 4.48. The molecular formula is C9H14N6. The van der Waals surface area contributed by atoms with Crippen LogP contribution in [0.2, 0.25) is 0 Å². The lowest BCUT2D eigenvalue weighted by molar-refractivity contribution is 0.919. The predicted molar refractivity (Wildman–Crippen MR) is 60.2 cm³/mol. The highest BCUT2D eigenvalue weighted by atomic mass is 15.1. The van der Waals surface area contributed by atoms with Crippen LogP contribution in [0.25, 0.3) is 0 Å². The molecule has 0 unspecified atom stereocenters. The summed E-state index contributed by atoms with van der Waals surface area (Å²) in [5, 5.41) is 0. The molecule has 1 aromatic rings. The lowest BCUT2D eigenvalue weighted by Gasteiger charge is -1.97. The molecule has 1 rings (SSSR count). The number of nitrogens with zero attached hydrogens (tertiary/aromatic N) is 3. The normalized spacial score (nSPS) is 11.1. The summed E-state index contributed by atoms with van der Waals surface area (Å²) < 4.78 is 0. The molecule has 6 heteroatoms. The minimum Gasteiger partial charge on any atom is -0.370 e. The highest BCUT2D eigenvalue weighted by Crippen LogP contribution is 1.94. The van der Waals surface area contributed by atoms with Crippen LogP contribution in [-0.4, -0.2) is 23.4 Å². The average molecular weight is 206 g/mol. The number of aliphatic imine (C=N–C) groups is 2. The number of hydrogen-bond donors (Lipinski definition) is 3. The highest BCUT2D eigenvalue weighted by molar-refractivity contribution is 5.92. The lowest BCUT2D eigenvalue weighted by Crippen LogP contribution is -2.26. The van der Waals surface area contributed by atoms with Gasteiger partial charge in [0.2, 0.25) is 5.96 Å². The topological polar surface area (TPSA) is 116 Å². The van der Waals surface area contributed by atoms with E-state index in [1.54, 1.807) is 6.20 Å². The average Bonchev–Trinajstić information content (AvgIpc) is 2.18. The molecule has 0 radical (unpaired) electrons. The predicted octanol–water partition coefficient (Wildman–Crippen LogP) is -0.788. The van der Waals surface area contributed by atoms with E-state index in [-0.39, 0.29) is 11.9 Å². The molecule has 0 aliphatic carbocycles. The number of pyridine rings is 1. The van der Waals surface area contributed by atoms with E-state index in [1.165, 1.54) is 0 Å². The Balaban J connectivity index is 2.42. The lowest BCUT2D eigenvalue weighted by atomic mass is 10.3. The molecule has 6 N–H and O–H groups in total. The van der Waals surface area contributed by atoms with E-state index >= 15 is 0 Å². The van der Waals surface area contributed by atoms with Crippen molar-refractivity contribution < 1.29 is 0 Å². The second-order valence-electron chi connectivity index (χ2n) is 2.85. The highest BCUT2D eigenvalue weighted by Gasteiger charge is 1.92. The Morgan fingerprint density at radius 2 is 2.07 bits per heavy atom. The van der Waals surface area contributed by atoms with E-state index in [4.69, 9.17) is 17.2 Å². The van der Waals surface area contributed by atoms with Gasteiger partial charge in [0.15, 0.2) is 5.96 Å². The van der Waals surface area contributed by atoms with Gasteiger partial charge in [-0.3, -0.25) is 9.98 Å². The third-order valence-corrected chi connectivity index (χ3v) is 1.61. The smallest absolute Gasteiger partial charge is 0.218 e. The molecule has 0 aliphatic rings. The number of nitrogens with two attached hydrogens (primary N) is 3. The van der Waals surface area contributed by atoms with Crippen LogP contribution < -0.4 is 17.2 Å². The van der Waals surface area contributed by atoms with Crippen LogP contribution in [-0.2, 0) is 6.42 Å². The summed E-state index contributed by atoms with van der Waals surface area (Å²) >= 11 is 0. The summed E-state index contributed by atoms with van der Waals surface area (Å²) in [6, 6.07) is 5.71. The quantitative estimate of drug-likeness (QED) is 0.444. The summed E-state index contributed by atoms with van der Waals surface area (Å²) in [4.78, 5) is 11.7. The van der Waals surface area contributed by atoms with Crippen LogP contribution >= 0.6 is 0 Å². The van der Waals surface area contributed by atoms with Gasteiger partial charge in [0.25, 0.3) is 0 Å². The molecule has 0 atom stereocenters. The van der Waals surface area contributed by atoms with Crippen molar-refractivity contribution in [3.05, 3.63) is 30.1 Å². The first-order chi connectivity index (χ1) is 7.18. The zero-order valence-corrected chi connectivity index (χ0v) is 8.30. The van der Waals surface area contributed by atoms with E-state index in [0.29, 0.717) is 13.0 Å². The van der Waals surface area contributed by atoms with Gasteiger partial charge in [-0.15, -0.1) is 0 Å². The van der Waals surface area contributed by atoms with Gasteiger partial charge in [0, 0.05) is 24.9 Å². The largest absolute Gasteiger partial charge is 0.370 e. The Hall–Kier alpha value is -2.11. The molecule has 80 valence electrons. The Labute approximate surface area is 87.9 Å². The van der Waals surface area contributed by atoms with E-state index in [0.717, 1.165) is 5.69 Å². The molecule has 1 aromatic heterocycles. The van der Waals surface area contributed by atoms with E-state index in [1.807, 2.05) is 18.2 Å².